The molecule has 2 aromatic rings. The maximum Gasteiger partial charge on any atom is 0.0542 e. The van der Waals surface area contributed by atoms with Crippen LogP contribution >= 0.6 is 0 Å². The van der Waals surface area contributed by atoms with Crippen molar-refractivity contribution in [2.75, 3.05) is 0 Å². The summed E-state index contributed by atoms with van der Waals surface area (Å²) in [7, 11) is 1.97. The van der Waals surface area contributed by atoms with Crippen molar-refractivity contribution < 1.29 is 0 Å². The van der Waals surface area contributed by atoms with Crippen LogP contribution in [0.4, 0.5) is 0 Å². The molecule has 0 radical (unpaired) electrons. The zero-order chi connectivity index (χ0) is 13.1. The standard InChI is InChI=1S/C14H20N4/c1-10-5-6-13(16-7-10)8-15-11(2)14-9-17-18(4)12(14)3/h5-7,9,11,15H,8H2,1-4H3. The summed E-state index contributed by atoms with van der Waals surface area (Å²) in [6.45, 7) is 7.06. The number of nitrogens with zero attached hydrogens (tertiary/aromatic N) is 3. The molecule has 18 heavy (non-hydrogen) atoms. The highest BCUT2D eigenvalue weighted by Gasteiger charge is 2.11. The number of pyridine rings is 1. The number of aromatic nitrogens is 3. The van der Waals surface area contributed by atoms with Crippen LogP contribution in [0.5, 0.6) is 0 Å². The van der Waals surface area contributed by atoms with Gasteiger partial charge in [0, 0.05) is 37.1 Å². The van der Waals surface area contributed by atoms with E-state index in [1.54, 1.807) is 0 Å². The van der Waals surface area contributed by atoms with Crippen LogP contribution in [0.1, 0.15) is 35.5 Å². The summed E-state index contributed by atoms with van der Waals surface area (Å²) < 4.78 is 1.90. The van der Waals surface area contributed by atoms with Crippen molar-refractivity contribution in [3.05, 3.63) is 47.0 Å². The van der Waals surface area contributed by atoms with Gasteiger partial charge in [0.25, 0.3) is 0 Å². The van der Waals surface area contributed by atoms with E-state index in [2.05, 4.69) is 41.4 Å². The topological polar surface area (TPSA) is 42.7 Å². The molecule has 0 spiro atoms. The first kappa shape index (κ1) is 12.8. The maximum atomic E-state index is 4.39. The Kier molecular flexibility index (Phi) is 3.77. The summed E-state index contributed by atoms with van der Waals surface area (Å²) in [4.78, 5) is 4.39. The predicted octanol–water partition coefficient (Wildman–Crippen LogP) is 2.28. The number of rotatable bonds is 4. The third-order valence-electron chi connectivity index (χ3n) is 3.30. The van der Waals surface area contributed by atoms with Gasteiger partial charge in [0.05, 0.1) is 11.9 Å². The number of hydrogen-bond donors (Lipinski definition) is 1. The fourth-order valence-electron chi connectivity index (χ4n) is 1.91. The Morgan fingerprint density at radius 2 is 2.06 bits per heavy atom. The van der Waals surface area contributed by atoms with E-state index in [1.807, 2.05) is 31.0 Å². The molecule has 0 saturated heterocycles. The van der Waals surface area contributed by atoms with Gasteiger partial charge in [-0.2, -0.15) is 5.10 Å². The van der Waals surface area contributed by atoms with Gasteiger partial charge in [0.2, 0.25) is 0 Å². The third kappa shape index (κ3) is 2.76. The van der Waals surface area contributed by atoms with Crippen LogP contribution in [0.15, 0.2) is 24.5 Å². The van der Waals surface area contributed by atoms with Crippen LogP contribution in [0, 0.1) is 13.8 Å². The van der Waals surface area contributed by atoms with Crippen LogP contribution in [-0.2, 0) is 13.6 Å². The summed E-state index contributed by atoms with van der Waals surface area (Å²) in [5.74, 6) is 0. The number of aryl methyl sites for hydroxylation is 2. The molecule has 2 heterocycles. The molecule has 0 saturated carbocycles. The Morgan fingerprint density at radius 1 is 1.28 bits per heavy atom. The molecule has 96 valence electrons. The summed E-state index contributed by atoms with van der Waals surface area (Å²) in [6.07, 6.45) is 3.83. The lowest BCUT2D eigenvalue weighted by Gasteiger charge is -2.13. The van der Waals surface area contributed by atoms with Gasteiger partial charge in [-0.25, -0.2) is 0 Å². The molecule has 2 aromatic heterocycles. The summed E-state index contributed by atoms with van der Waals surface area (Å²) in [6, 6.07) is 4.43. The van der Waals surface area contributed by atoms with Gasteiger partial charge < -0.3 is 5.32 Å². The summed E-state index contributed by atoms with van der Waals surface area (Å²) in [5.41, 5.74) is 4.69. The smallest absolute Gasteiger partial charge is 0.0542 e. The van der Waals surface area contributed by atoms with Crippen molar-refractivity contribution in [2.24, 2.45) is 7.05 Å². The van der Waals surface area contributed by atoms with Crippen molar-refractivity contribution >= 4 is 0 Å². The Hall–Kier alpha value is -1.68. The molecule has 4 heteroatoms. The molecule has 0 aromatic carbocycles. The van der Waals surface area contributed by atoms with Crippen LogP contribution < -0.4 is 5.32 Å². The molecule has 4 nitrogen and oxygen atoms in total. The Bertz CT molecular complexity index is 513. The monoisotopic (exact) mass is 244 g/mol. The normalized spacial score (nSPS) is 12.7. The lowest BCUT2D eigenvalue weighted by atomic mass is 10.1. The molecule has 1 unspecified atom stereocenters. The second kappa shape index (κ2) is 5.31. The van der Waals surface area contributed by atoms with Crippen molar-refractivity contribution in [3.63, 3.8) is 0 Å². The molecular weight excluding hydrogens is 224 g/mol. The Morgan fingerprint density at radius 3 is 2.61 bits per heavy atom. The van der Waals surface area contributed by atoms with Gasteiger partial charge in [-0.15, -0.1) is 0 Å². The quantitative estimate of drug-likeness (QED) is 0.897. The van der Waals surface area contributed by atoms with E-state index in [-0.39, 0.29) is 6.04 Å². The molecule has 0 aliphatic heterocycles. The molecule has 1 atom stereocenters. The minimum Gasteiger partial charge on any atom is -0.304 e. The van der Waals surface area contributed by atoms with E-state index >= 15 is 0 Å². The van der Waals surface area contributed by atoms with E-state index in [1.165, 1.54) is 16.8 Å². The van der Waals surface area contributed by atoms with E-state index < -0.39 is 0 Å². The van der Waals surface area contributed by atoms with Crippen molar-refractivity contribution in [2.45, 2.75) is 33.4 Å². The van der Waals surface area contributed by atoms with Gasteiger partial charge >= 0.3 is 0 Å². The average Bonchev–Trinajstić information content (AvgIpc) is 2.69. The molecule has 2 rings (SSSR count). The van der Waals surface area contributed by atoms with E-state index in [4.69, 9.17) is 0 Å². The second-order valence-electron chi connectivity index (χ2n) is 4.74. The zero-order valence-corrected chi connectivity index (χ0v) is 11.4. The largest absolute Gasteiger partial charge is 0.304 e. The van der Waals surface area contributed by atoms with Crippen LogP contribution in [-0.4, -0.2) is 14.8 Å². The Labute approximate surface area is 108 Å². The van der Waals surface area contributed by atoms with Gasteiger partial charge in [-0.3, -0.25) is 9.67 Å². The van der Waals surface area contributed by atoms with E-state index in [0.29, 0.717) is 0 Å². The van der Waals surface area contributed by atoms with Gasteiger partial charge in [0.15, 0.2) is 0 Å². The SMILES string of the molecule is Cc1ccc(CNC(C)c2cnn(C)c2C)nc1. The number of hydrogen-bond acceptors (Lipinski definition) is 3. The first-order valence-electron chi connectivity index (χ1n) is 6.21. The first-order chi connectivity index (χ1) is 8.58. The van der Waals surface area contributed by atoms with Crippen molar-refractivity contribution in [1.29, 1.82) is 0 Å². The highest BCUT2D eigenvalue weighted by Crippen LogP contribution is 2.16. The van der Waals surface area contributed by atoms with Crippen LogP contribution in [0.3, 0.4) is 0 Å². The lowest BCUT2D eigenvalue weighted by molar-refractivity contribution is 0.564. The predicted molar refractivity (Wildman–Crippen MR) is 72.2 cm³/mol. The molecular formula is C14H20N4. The first-order valence-corrected chi connectivity index (χ1v) is 6.21. The molecule has 0 aliphatic carbocycles. The van der Waals surface area contributed by atoms with Crippen LogP contribution in [0.2, 0.25) is 0 Å². The lowest BCUT2D eigenvalue weighted by Crippen LogP contribution is -2.19. The summed E-state index contributed by atoms with van der Waals surface area (Å²) >= 11 is 0. The summed E-state index contributed by atoms with van der Waals surface area (Å²) in [5, 5.41) is 7.74. The van der Waals surface area contributed by atoms with Gasteiger partial charge in [-0.05, 0) is 32.4 Å². The van der Waals surface area contributed by atoms with Crippen molar-refractivity contribution in [1.82, 2.24) is 20.1 Å². The molecule has 0 amide bonds. The Balaban J connectivity index is 1.98. The average molecular weight is 244 g/mol. The maximum absolute atomic E-state index is 4.39. The van der Waals surface area contributed by atoms with E-state index in [9.17, 15) is 0 Å². The molecule has 0 bridgehead atoms. The van der Waals surface area contributed by atoms with Gasteiger partial charge in [-0.1, -0.05) is 6.07 Å². The fourth-order valence-corrected chi connectivity index (χ4v) is 1.91. The second-order valence-corrected chi connectivity index (χ2v) is 4.74. The molecule has 1 N–H and O–H groups in total. The minimum absolute atomic E-state index is 0.279. The minimum atomic E-state index is 0.279. The van der Waals surface area contributed by atoms with E-state index in [0.717, 1.165) is 12.2 Å². The number of nitrogens with one attached hydrogen (secondary N) is 1. The molecule has 0 fully saturated rings. The van der Waals surface area contributed by atoms with Gasteiger partial charge in [0.1, 0.15) is 0 Å². The zero-order valence-electron chi connectivity index (χ0n) is 11.4. The fraction of sp³-hybridized carbons (Fsp3) is 0.429. The van der Waals surface area contributed by atoms with Crippen LogP contribution in [0.25, 0.3) is 0 Å². The molecule has 0 aliphatic rings. The van der Waals surface area contributed by atoms with Crippen molar-refractivity contribution in [3.8, 4) is 0 Å². The third-order valence-corrected chi connectivity index (χ3v) is 3.30. The highest BCUT2D eigenvalue weighted by molar-refractivity contribution is 5.20. The highest BCUT2D eigenvalue weighted by atomic mass is 15.3.